The van der Waals surface area contributed by atoms with Crippen molar-refractivity contribution in [2.45, 2.75) is 44.8 Å². The van der Waals surface area contributed by atoms with E-state index in [0.717, 1.165) is 6.54 Å². The molecular formula is C12H19NO4. The number of carbonyl (C=O) groups is 2. The number of hydrogen-bond acceptors (Lipinski definition) is 4. The highest BCUT2D eigenvalue weighted by Gasteiger charge is 2.44. The Balaban J connectivity index is 1.55. The summed E-state index contributed by atoms with van der Waals surface area (Å²) >= 11 is 0. The third-order valence-corrected chi connectivity index (χ3v) is 3.04. The lowest BCUT2D eigenvalue weighted by molar-refractivity contribution is -0.143. The molecule has 0 aromatic heterocycles. The molecule has 5 nitrogen and oxygen atoms in total. The van der Waals surface area contributed by atoms with Crippen molar-refractivity contribution < 1.29 is 19.1 Å². The number of ether oxygens (including phenoxy) is 2. The number of epoxide rings is 1. The molecule has 0 bridgehead atoms. The summed E-state index contributed by atoms with van der Waals surface area (Å²) in [5.41, 5.74) is 0. The minimum absolute atomic E-state index is 0.0363. The third kappa shape index (κ3) is 4.00. The highest BCUT2D eigenvalue weighted by Crippen LogP contribution is 2.29. The fraction of sp³-hybridized carbons (Fsp3) is 0.833. The van der Waals surface area contributed by atoms with Crippen LogP contribution in [0.2, 0.25) is 0 Å². The molecule has 17 heavy (non-hydrogen) atoms. The molecule has 96 valence electrons. The van der Waals surface area contributed by atoms with Gasteiger partial charge in [-0.15, -0.1) is 0 Å². The highest BCUT2D eigenvalue weighted by atomic mass is 16.6. The maximum absolute atomic E-state index is 11.6. The van der Waals surface area contributed by atoms with Crippen molar-refractivity contribution in [2.24, 2.45) is 5.92 Å². The molecule has 2 fully saturated rings. The number of esters is 1. The van der Waals surface area contributed by atoms with Gasteiger partial charge < -0.3 is 14.8 Å². The maximum Gasteiger partial charge on any atom is 0.305 e. The van der Waals surface area contributed by atoms with E-state index in [1.54, 1.807) is 6.92 Å². The third-order valence-electron chi connectivity index (χ3n) is 3.04. The lowest BCUT2D eigenvalue weighted by atomic mass is 10.2. The van der Waals surface area contributed by atoms with E-state index in [-0.39, 0.29) is 24.1 Å². The van der Waals surface area contributed by atoms with Crippen LogP contribution in [0.15, 0.2) is 0 Å². The zero-order valence-corrected chi connectivity index (χ0v) is 10.1. The molecule has 0 radical (unpaired) electrons. The summed E-state index contributed by atoms with van der Waals surface area (Å²) < 4.78 is 10.0. The Morgan fingerprint density at radius 3 is 2.82 bits per heavy atom. The molecule has 1 N–H and O–H groups in total. The average molecular weight is 241 g/mol. The smallest absolute Gasteiger partial charge is 0.305 e. The Morgan fingerprint density at radius 2 is 2.18 bits per heavy atom. The minimum atomic E-state index is -0.344. The first-order valence-corrected chi connectivity index (χ1v) is 6.29. The molecule has 1 saturated carbocycles. The highest BCUT2D eigenvalue weighted by molar-refractivity contribution is 5.83. The molecule has 1 heterocycles. The first kappa shape index (κ1) is 12.4. The van der Waals surface area contributed by atoms with Crippen LogP contribution in [0, 0.1) is 5.92 Å². The van der Waals surface area contributed by atoms with Crippen LogP contribution in [0.4, 0.5) is 0 Å². The SMILES string of the molecule is CCOC(=O)CCC1OC1C(=O)NCC1CC1. The average Bonchev–Trinajstić information content (AvgIpc) is 3.17. The first-order chi connectivity index (χ1) is 8.20. The summed E-state index contributed by atoms with van der Waals surface area (Å²) in [5, 5.41) is 2.87. The fourth-order valence-electron chi connectivity index (χ4n) is 1.75. The summed E-state index contributed by atoms with van der Waals surface area (Å²) in [7, 11) is 0. The number of rotatable bonds is 7. The van der Waals surface area contributed by atoms with Crippen LogP contribution in [0.3, 0.4) is 0 Å². The minimum Gasteiger partial charge on any atom is -0.466 e. The van der Waals surface area contributed by atoms with Gasteiger partial charge in [0.2, 0.25) is 0 Å². The summed E-state index contributed by atoms with van der Waals surface area (Å²) in [6.45, 7) is 2.94. The van der Waals surface area contributed by atoms with Gasteiger partial charge in [-0.05, 0) is 32.1 Å². The molecule has 0 aromatic rings. The van der Waals surface area contributed by atoms with E-state index < -0.39 is 0 Å². The lowest BCUT2D eigenvalue weighted by Gasteiger charge is -2.01. The van der Waals surface area contributed by atoms with Gasteiger partial charge in [-0.1, -0.05) is 0 Å². The van der Waals surface area contributed by atoms with E-state index in [1.807, 2.05) is 0 Å². The van der Waals surface area contributed by atoms with E-state index in [0.29, 0.717) is 25.4 Å². The monoisotopic (exact) mass is 241 g/mol. The van der Waals surface area contributed by atoms with Crippen molar-refractivity contribution in [1.29, 1.82) is 0 Å². The lowest BCUT2D eigenvalue weighted by Crippen LogP contribution is -2.30. The maximum atomic E-state index is 11.6. The van der Waals surface area contributed by atoms with Gasteiger partial charge in [0, 0.05) is 13.0 Å². The van der Waals surface area contributed by atoms with Crippen LogP contribution in [0.1, 0.15) is 32.6 Å². The molecule has 1 amide bonds. The Morgan fingerprint density at radius 1 is 1.41 bits per heavy atom. The van der Waals surface area contributed by atoms with Gasteiger partial charge in [-0.3, -0.25) is 9.59 Å². The van der Waals surface area contributed by atoms with Crippen LogP contribution in [0.5, 0.6) is 0 Å². The summed E-state index contributed by atoms with van der Waals surface area (Å²) in [4.78, 5) is 22.7. The quantitative estimate of drug-likeness (QED) is 0.524. The normalized spacial score (nSPS) is 26.4. The van der Waals surface area contributed by atoms with Crippen LogP contribution < -0.4 is 5.32 Å². The topological polar surface area (TPSA) is 67.9 Å². The molecular weight excluding hydrogens is 222 g/mol. The molecule has 0 aromatic carbocycles. The zero-order chi connectivity index (χ0) is 12.3. The van der Waals surface area contributed by atoms with Crippen molar-refractivity contribution >= 4 is 11.9 Å². The van der Waals surface area contributed by atoms with Crippen LogP contribution >= 0.6 is 0 Å². The second kappa shape index (κ2) is 5.49. The number of nitrogens with one attached hydrogen (secondary N) is 1. The molecule has 5 heteroatoms. The van der Waals surface area contributed by atoms with Crippen molar-refractivity contribution in [1.82, 2.24) is 5.32 Å². The number of hydrogen-bond donors (Lipinski definition) is 1. The first-order valence-electron chi connectivity index (χ1n) is 6.29. The summed E-state index contributed by atoms with van der Waals surface area (Å²) in [6.07, 6.45) is 2.89. The Hall–Kier alpha value is -1.10. The molecule has 1 aliphatic heterocycles. The predicted molar refractivity (Wildman–Crippen MR) is 60.3 cm³/mol. The van der Waals surface area contributed by atoms with Gasteiger partial charge >= 0.3 is 5.97 Å². The Bertz CT molecular complexity index is 301. The summed E-state index contributed by atoms with van der Waals surface area (Å²) in [5.74, 6) is 0.418. The van der Waals surface area contributed by atoms with Gasteiger partial charge in [0.05, 0.1) is 12.7 Å². The van der Waals surface area contributed by atoms with Crippen LogP contribution in [-0.2, 0) is 19.1 Å². The number of carbonyl (C=O) groups excluding carboxylic acids is 2. The van der Waals surface area contributed by atoms with Gasteiger partial charge in [-0.25, -0.2) is 0 Å². The standard InChI is InChI=1S/C12H19NO4/c1-2-16-10(14)6-5-9-11(17-9)12(15)13-7-8-3-4-8/h8-9,11H,2-7H2,1H3,(H,13,15). The van der Waals surface area contributed by atoms with Crippen molar-refractivity contribution in [3.05, 3.63) is 0 Å². The van der Waals surface area contributed by atoms with Gasteiger partial charge in [0.25, 0.3) is 5.91 Å². The molecule has 2 unspecified atom stereocenters. The van der Waals surface area contributed by atoms with E-state index in [4.69, 9.17) is 9.47 Å². The summed E-state index contributed by atoms with van der Waals surface area (Å²) in [6, 6.07) is 0. The van der Waals surface area contributed by atoms with Crippen LogP contribution in [-0.4, -0.2) is 37.2 Å². The second-order valence-corrected chi connectivity index (χ2v) is 4.63. The van der Waals surface area contributed by atoms with Gasteiger partial charge in [0.1, 0.15) is 0 Å². The second-order valence-electron chi connectivity index (χ2n) is 4.63. The van der Waals surface area contributed by atoms with E-state index in [9.17, 15) is 9.59 Å². The van der Waals surface area contributed by atoms with Crippen molar-refractivity contribution in [3.63, 3.8) is 0 Å². The molecule has 2 aliphatic rings. The molecule has 0 spiro atoms. The predicted octanol–water partition coefficient (Wildman–Crippen LogP) is 0.623. The Kier molecular flexibility index (Phi) is 3.99. The largest absolute Gasteiger partial charge is 0.466 e. The van der Waals surface area contributed by atoms with Crippen molar-refractivity contribution in [3.8, 4) is 0 Å². The number of amides is 1. The molecule has 1 saturated heterocycles. The van der Waals surface area contributed by atoms with Crippen LogP contribution in [0.25, 0.3) is 0 Å². The zero-order valence-electron chi connectivity index (χ0n) is 10.1. The molecule has 1 aliphatic carbocycles. The van der Waals surface area contributed by atoms with Gasteiger partial charge in [-0.2, -0.15) is 0 Å². The fourth-order valence-corrected chi connectivity index (χ4v) is 1.75. The molecule has 2 rings (SSSR count). The van der Waals surface area contributed by atoms with E-state index in [1.165, 1.54) is 12.8 Å². The van der Waals surface area contributed by atoms with Crippen molar-refractivity contribution in [2.75, 3.05) is 13.2 Å². The van der Waals surface area contributed by atoms with Gasteiger partial charge in [0.15, 0.2) is 6.10 Å². The molecule has 2 atom stereocenters. The van der Waals surface area contributed by atoms with E-state index >= 15 is 0 Å². The van der Waals surface area contributed by atoms with E-state index in [2.05, 4.69) is 5.32 Å². The Labute approximate surface area is 101 Å².